The number of halogens is 2. The van der Waals surface area contributed by atoms with Crippen LogP contribution in [0.5, 0.6) is 0 Å². The monoisotopic (exact) mass is 241 g/mol. The van der Waals surface area contributed by atoms with E-state index in [1.165, 1.54) is 0 Å². The van der Waals surface area contributed by atoms with E-state index in [-0.39, 0.29) is 0 Å². The van der Waals surface area contributed by atoms with Gasteiger partial charge in [0.15, 0.2) is 0 Å². The molecule has 17 heavy (non-hydrogen) atoms. The van der Waals surface area contributed by atoms with Gasteiger partial charge in [0, 0.05) is 0 Å². The van der Waals surface area contributed by atoms with E-state index in [1.807, 2.05) is 0 Å². The van der Waals surface area contributed by atoms with Crippen molar-refractivity contribution in [1.82, 2.24) is 0 Å². The summed E-state index contributed by atoms with van der Waals surface area (Å²) in [7, 11) is 0. The lowest BCUT2D eigenvalue weighted by Gasteiger charge is -2.23. The Hall–Kier alpha value is -2.11. The molecule has 6 heteroatoms. The van der Waals surface area contributed by atoms with Gasteiger partial charge in [-0.3, -0.25) is 4.79 Å². The maximum atomic E-state index is 13.6. The van der Waals surface area contributed by atoms with Crippen molar-refractivity contribution in [2.24, 2.45) is 5.73 Å². The quantitative estimate of drug-likeness (QED) is 0.780. The van der Waals surface area contributed by atoms with Gasteiger partial charge in [-0.25, -0.2) is 8.78 Å². The van der Waals surface area contributed by atoms with Crippen molar-refractivity contribution in [2.75, 3.05) is 0 Å². The van der Waals surface area contributed by atoms with E-state index in [2.05, 4.69) is 0 Å². The fourth-order valence-electron chi connectivity index (χ4n) is 1.77. The standard InChI is InChI=1S/C11H9F2NO3/c1-11(9(16)8(15)10(14)17-11)7-5(12)3-2-4-6(7)13/h2-4,15H,14H2,1H3. The molecule has 0 saturated heterocycles. The molecule has 2 rings (SSSR count). The van der Waals surface area contributed by atoms with E-state index in [0.29, 0.717) is 0 Å². The Labute approximate surface area is 95.3 Å². The summed E-state index contributed by atoms with van der Waals surface area (Å²) in [5, 5.41) is 9.28. The number of aliphatic hydroxyl groups excluding tert-OH is 1. The molecule has 0 aromatic heterocycles. The van der Waals surface area contributed by atoms with Crippen LogP contribution in [0.2, 0.25) is 0 Å². The van der Waals surface area contributed by atoms with Crippen LogP contribution >= 0.6 is 0 Å². The SMILES string of the molecule is CC1(c2c(F)cccc2F)OC(N)=C(O)C1=O. The molecular formula is C11H9F2NO3. The molecule has 1 heterocycles. The van der Waals surface area contributed by atoms with Gasteiger partial charge in [0.1, 0.15) is 11.6 Å². The Morgan fingerprint density at radius 3 is 2.29 bits per heavy atom. The first-order valence-corrected chi connectivity index (χ1v) is 4.75. The van der Waals surface area contributed by atoms with Crippen molar-refractivity contribution >= 4 is 5.78 Å². The fraction of sp³-hybridized carbons (Fsp3) is 0.182. The molecule has 4 nitrogen and oxygen atoms in total. The number of aliphatic hydroxyl groups is 1. The lowest BCUT2D eigenvalue weighted by Crippen LogP contribution is -2.33. The Kier molecular flexibility index (Phi) is 2.30. The molecule has 1 aromatic carbocycles. The molecule has 1 atom stereocenters. The Morgan fingerprint density at radius 1 is 1.35 bits per heavy atom. The van der Waals surface area contributed by atoms with Crippen LogP contribution in [-0.4, -0.2) is 10.9 Å². The molecule has 0 amide bonds. The molecule has 90 valence electrons. The number of nitrogens with two attached hydrogens (primary N) is 1. The third kappa shape index (κ3) is 1.44. The van der Waals surface area contributed by atoms with Gasteiger partial charge in [0.25, 0.3) is 5.78 Å². The molecule has 0 fully saturated rings. The van der Waals surface area contributed by atoms with Crippen LogP contribution < -0.4 is 5.73 Å². The number of benzene rings is 1. The number of hydrogen-bond donors (Lipinski definition) is 2. The first-order chi connectivity index (χ1) is 7.88. The van der Waals surface area contributed by atoms with E-state index in [0.717, 1.165) is 25.1 Å². The van der Waals surface area contributed by atoms with Crippen LogP contribution in [-0.2, 0) is 15.1 Å². The zero-order valence-corrected chi connectivity index (χ0v) is 8.83. The summed E-state index contributed by atoms with van der Waals surface area (Å²) in [4.78, 5) is 11.7. The molecule has 0 radical (unpaired) electrons. The van der Waals surface area contributed by atoms with Gasteiger partial charge in [-0.15, -0.1) is 0 Å². The number of ketones is 1. The number of ether oxygens (including phenoxy) is 1. The Balaban J connectivity index is 2.60. The summed E-state index contributed by atoms with van der Waals surface area (Å²) in [6, 6.07) is 3.14. The third-order valence-electron chi connectivity index (χ3n) is 2.64. The van der Waals surface area contributed by atoms with Gasteiger partial charge in [-0.1, -0.05) is 6.07 Å². The summed E-state index contributed by atoms with van der Waals surface area (Å²) in [6.07, 6.45) is 0. The average Bonchev–Trinajstić information content (AvgIpc) is 2.43. The zero-order chi connectivity index (χ0) is 12.8. The smallest absolute Gasteiger partial charge is 0.250 e. The molecule has 0 spiro atoms. The van der Waals surface area contributed by atoms with Gasteiger partial charge >= 0.3 is 0 Å². The summed E-state index contributed by atoms with van der Waals surface area (Å²) in [6.45, 7) is 1.15. The molecule has 1 aromatic rings. The van der Waals surface area contributed by atoms with Crippen LogP contribution in [0.1, 0.15) is 12.5 Å². The maximum Gasteiger partial charge on any atom is 0.250 e. The highest BCUT2D eigenvalue weighted by atomic mass is 19.1. The van der Waals surface area contributed by atoms with Gasteiger partial charge in [0.2, 0.25) is 17.2 Å². The van der Waals surface area contributed by atoms with E-state index >= 15 is 0 Å². The predicted octanol–water partition coefficient (Wildman–Crippen LogP) is 1.47. The molecule has 1 aliphatic heterocycles. The minimum Gasteiger partial charge on any atom is -0.501 e. The fourth-order valence-corrected chi connectivity index (χ4v) is 1.77. The number of carbonyl (C=O) groups excluding carboxylic acids is 1. The van der Waals surface area contributed by atoms with E-state index in [1.54, 1.807) is 0 Å². The molecule has 0 aliphatic carbocycles. The Morgan fingerprint density at radius 2 is 1.88 bits per heavy atom. The van der Waals surface area contributed by atoms with E-state index in [9.17, 15) is 18.7 Å². The highest BCUT2D eigenvalue weighted by molar-refractivity contribution is 6.02. The highest BCUT2D eigenvalue weighted by Crippen LogP contribution is 2.38. The predicted molar refractivity (Wildman–Crippen MR) is 53.6 cm³/mol. The van der Waals surface area contributed by atoms with Crippen molar-refractivity contribution in [3.05, 3.63) is 47.0 Å². The Bertz CT molecular complexity index is 521. The average molecular weight is 241 g/mol. The highest BCUT2D eigenvalue weighted by Gasteiger charge is 2.50. The van der Waals surface area contributed by atoms with Gasteiger partial charge in [-0.2, -0.15) is 0 Å². The van der Waals surface area contributed by atoms with E-state index < -0.39 is 40.2 Å². The second kappa shape index (κ2) is 3.44. The van der Waals surface area contributed by atoms with Crippen LogP contribution in [0.25, 0.3) is 0 Å². The molecule has 1 unspecified atom stereocenters. The summed E-state index contributed by atoms with van der Waals surface area (Å²) in [5.41, 5.74) is 2.68. The molecule has 3 N–H and O–H groups in total. The second-order valence-electron chi connectivity index (χ2n) is 3.77. The molecule has 0 saturated carbocycles. The zero-order valence-electron chi connectivity index (χ0n) is 8.83. The number of hydrogen-bond acceptors (Lipinski definition) is 4. The maximum absolute atomic E-state index is 13.6. The number of Topliss-reactive ketones (excluding diaryl/α,β-unsaturated/α-hetero) is 1. The lowest BCUT2D eigenvalue weighted by atomic mass is 9.90. The molecule has 0 bridgehead atoms. The van der Waals surface area contributed by atoms with Gasteiger partial charge in [0.05, 0.1) is 5.56 Å². The van der Waals surface area contributed by atoms with Gasteiger partial charge in [-0.05, 0) is 19.1 Å². The van der Waals surface area contributed by atoms with Crippen LogP contribution in [0.3, 0.4) is 0 Å². The van der Waals surface area contributed by atoms with Crippen molar-refractivity contribution < 1.29 is 23.4 Å². The van der Waals surface area contributed by atoms with Crippen molar-refractivity contribution in [1.29, 1.82) is 0 Å². The van der Waals surface area contributed by atoms with Gasteiger partial charge < -0.3 is 15.6 Å². The van der Waals surface area contributed by atoms with Crippen LogP contribution in [0.4, 0.5) is 8.78 Å². The third-order valence-corrected chi connectivity index (χ3v) is 2.64. The first-order valence-electron chi connectivity index (χ1n) is 4.75. The van der Waals surface area contributed by atoms with Crippen LogP contribution in [0, 0.1) is 11.6 Å². The second-order valence-corrected chi connectivity index (χ2v) is 3.77. The number of rotatable bonds is 1. The molecule has 1 aliphatic rings. The minimum atomic E-state index is -1.97. The normalized spacial score (nSPS) is 24.1. The lowest BCUT2D eigenvalue weighted by molar-refractivity contribution is -0.132. The van der Waals surface area contributed by atoms with Crippen molar-refractivity contribution in [3.8, 4) is 0 Å². The largest absolute Gasteiger partial charge is 0.501 e. The van der Waals surface area contributed by atoms with Crippen molar-refractivity contribution in [3.63, 3.8) is 0 Å². The number of carbonyl (C=O) groups is 1. The summed E-state index contributed by atoms with van der Waals surface area (Å²) >= 11 is 0. The minimum absolute atomic E-state index is 0.542. The van der Waals surface area contributed by atoms with Crippen molar-refractivity contribution in [2.45, 2.75) is 12.5 Å². The first kappa shape index (κ1) is 11.4. The van der Waals surface area contributed by atoms with Crippen LogP contribution in [0.15, 0.2) is 29.8 Å². The molecular weight excluding hydrogens is 232 g/mol. The van der Waals surface area contributed by atoms with E-state index in [4.69, 9.17) is 10.5 Å². The topological polar surface area (TPSA) is 72.6 Å². The summed E-state index contributed by atoms with van der Waals surface area (Å²) < 4.78 is 32.0. The summed E-state index contributed by atoms with van der Waals surface area (Å²) in [5.74, 6) is -4.22.